The molecule has 2 unspecified atom stereocenters. The number of aromatic nitrogens is 2. The van der Waals surface area contributed by atoms with Crippen molar-refractivity contribution in [1.82, 2.24) is 9.55 Å². The first-order valence-electron chi connectivity index (χ1n) is 10.3. The number of carbonyl (C=O) groups is 1. The van der Waals surface area contributed by atoms with E-state index in [9.17, 15) is 27.5 Å². The Kier molecular flexibility index (Phi) is 7.24. The minimum atomic E-state index is -3.67. The second-order valence-corrected chi connectivity index (χ2v) is 9.79. The average Bonchev–Trinajstić information content (AvgIpc) is 3.46. The highest BCUT2D eigenvalue weighted by atomic mass is 32.2. The van der Waals surface area contributed by atoms with Crippen LogP contribution in [0.4, 0.5) is 10.2 Å². The molecule has 4 N–H and O–H groups in total. The van der Waals surface area contributed by atoms with Gasteiger partial charge < -0.3 is 25.1 Å². The van der Waals surface area contributed by atoms with E-state index in [4.69, 9.17) is 15.1 Å². The van der Waals surface area contributed by atoms with Crippen molar-refractivity contribution in [3.8, 4) is 0 Å². The first kappa shape index (κ1) is 25.5. The highest BCUT2D eigenvalue weighted by Crippen LogP contribution is 2.37. The molecule has 3 heterocycles. The lowest BCUT2D eigenvalue weighted by atomic mass is 10.00. The number of hydrogen-bond acceptors (Lipinski definition) is 9. The van der Waals surface area contributed by atoms with Crippen LogP contribution in [0.15, 0.2) is 22.2 Å². The van der Waals surface area contributed by atoms with Crippen LogP contribution >= 0.6 is 0 Å². The molecule has 186 valence electrons. The molecule has 0 amide bonds. The number of nitrogens with zero attached hydrogens (tertiary/aromatic N) is 4. The predicted octanol–water partition coefficient (Wildman–Crippen LogP) is 0.859. The number of oxime groups is 1. The second kappa shape index (κ2) is 9.64. The van der Waals surface area contributed by atoms with Gasteiger partial charge in [0.2, 0.25) is 5.43 Å². The Morgan fingerprint density at radius 3 is 2.53 bits per heavy atom. The third kappa shape index (κ3) is 5.69. The summed E-state index contributed by atoms with van der Waals surface area (Å²) in [6.07, 6.45) is 3.73. The molecule has 1 aliphatic carbocycles. The van der Waals surface area contributed by atoms with Gasteiger partial charge in [-0.15, -0.1) is 0 Å². The standard InChI is InChI=1S/C19H22FN5O4.CH4O3S/c1-9(21)12-6-24(8-15(12)23-29-2)18-14(20)5-11-16(26)13(19(27)28)7-25(10-3-4-10)17(11)22-18;1-5(2,3)4/h5,7,9-10,12H,3-4,6,8,21H2,1-2H3,(H,27,28);1H3,(H,2,3,4)/b23-15+;. The van der Waals surface area contributed by atoms with Gasteiger partial charge in [0.25, 0.3) is 10.1 Å². The quantitative estimate of drug-likeness (QED) is 0.395. The summed E-state index contributed by atoms with van der Waals surface area (Å²) in [5.41, 5.74) is 5.91. The van der Waals surface area contributed by atoms with E-state index in [-0.39, 0.29) is 40.4 Å². The first-order chi connectivity index (χ1) is 15.8. The average molecular weight is 500 g/mol. The van der Waals surface area contributed by atoms with Gasteiger partial charge in [0.05, 0.1) is 23.9 Å². The highest BCUT2D eigenvalue weighted by Gasteiger charge is 2.35. The van der Waals surface area contributed by atoms with Crippen LogP contribution in [0.25, 0.3) is 11.0 Å². The van der Waals surface area contributed by atoms with Crippen LogP contribution in [-0.4, -0.2) is 71.8 Å². The van der Waals surface area contributed by atoms with E-state index in [1.54, 1.807) is 9.47 Å². The number of nitrogens with two attached hydrogens (primary N) is 1. The van der Waals surface area contributed by atoms with E-state index in [0.29, 0.717) is 25.1 Å². The van der Waals surface area contributed by atoms with E-state index in [1.165, 1.54) is 13.3 Å². The molecular weight excluding hydrogens is 473 g/mol. The molecule has 0 spiro atoms. The summed E-state index contributed by atoms with van der Waals surface area (Å²) >= 11 is 0. The maximum Gasteiger partial charge on any atom is 0.341 e. The highest BCUT2D eigenvalue weighted by molar-refractivity contribution is 7.85. The molecule has 14 heteroatoms. The number of aromatic carboxylic acids is 1. The van der Waals surface area contributed by atoms with Gasteiger partial charge in [0.15, 0.2) is 11.6 Å². The molecule has 1 aliphatic heterocycles. The van der Waals surface area contributed by atoms with Gasteiger partial charge in [-0.05, 0) is 25.8 Å². The normalized spacial score (nSPS) is 20.2. The Labute approximate surface area is 194 Å². The smallest absolute Gasteiger partial charge is 0.341 e. The van der Waals surface area contributed by atoms with E-state index in [1.807, 2.05) is 6.92 Å². The minimum Gasteiger partial charge on any atom is -0.477 e. The van der Waals surface area contributed by atoms with E-state index in [0.717, 1.165) is 18.9 Å². The van der Waals surface area contributed by atoms with Crippen LogP contribution in [0.2, 0.25) is 0 Å². The van der Waals surface area contributed by atoms with Crippen LogP contribution in [-0.2, 0) is 15.0 Å². The first-order valence-corrected chi connectivity index (χ1v) is 12.2. The van der Waals surface area contributed by atoms with Gasteiger partial charge in [0, 0.05) is 30.7 Å². The Hall–Kier alpha value is -3.10. The van der Waals surface area contributed by atoms with Crippen molar-refractivity contribution >= 4 is 38.7 Å². The molecule has 4 rings (SSSR count). The number of carboxylic acids is 1. The summed E-state index contributed by atoms with van der Waals surface area (Å²) in [5.74, 6) is -2.06. The van der Waals surface area contributed by atoms with Crippen molar-refractivity contribution in [3.63, 3.8) is 0 Å². The fourth-order valence-electron chi connectivity index (χ4n) is 3.81. The molecule has 12 nitrogen and oxygen atoms in total. The molecule has 0 aromatic carbocycles. The van der Waals surface area contributed by atoms with E-state index in [2.05, 4.69) is 10.1 Å². The van der Waals surface area contributed by atoms with Crippen LogP contribution < -0.4 is 16.1 Å². The Balaban J connectivity index is 0.000000588. The number of pyridine rings is 2. The molecule has 2 atom stereocenters. The van der Waals surface area contributed by atoms with Crippen LogP contribution in [0.3, 0.4) is 0 Å². The van der Waals surface area contributed by atoms with Gasteiger partial charge in [-0.25, -0.2) is 14.2 Å². The Morgan fingerprint density at radius 1 is 1.41 bits per heavy atom. The third-order valence-electron chi connectivity index (χ3n) is 5.45. The van der Waals surface area contributed by atoms with Crippen LogP contribution in [0, 0.1) is 11.7 Å². The lowest BCUT2D eigenvalue weighted by molar-refractivity contribution is 0.0694. The molecule has 0 radical (unpaired) electrons. The third-order valence-corrected chi connectivity index (χ3v) is 5.45. The summed E-state index contributed by atoms with van der Waals surface area (Å²) in [5, 5.41) is 13.3. The van der Waals surface area contributed by atoms with Crippen LogP contribution in [0.5, 0.6) is 0 Å². The molecule has 34 heavy (non-hydrogen) atoms. The van der Waals surface area contributed by atoms with Crippen molar-refractivity contribution < 1.29 is 32.1 Å². The van der Waals surface area contributed by atoms with Gasteiger partial charge in [-0.1, -0.05) is 5.16 Å². The Bertz CT molecular complexity index is 1300. The van der Waals surface area contributed by atoms with Gasteiger partial charge in [-0.3, -0.25) is 9.35 Å². The van der Waals surface area contributed by atoms with E-state index >= 15 is 0 Å². The van der Waals surface area contributed by atoms with Gasteiger partial charge >= 0.3 is 5.97 Å². The maximum absolute atomic E-state index is 15.0. The minimum absolute atomic E-state index is 0.0354. The SMILES string of the molecule is CO/N=C1\CN(c2nc3c(cc2F)c(=O)c(C(=O)O)cn3C2CC2)CC1C(C)N.CS(=O)(=O)O. The Morgan fingerprint density at radius 2 is 2.03 bits per heavy atom. The zero-order valence-electron chi connectivity index (χ0n) is 18.8. The van der Waals surface area contributed by atoms with Crippen molar-refractivity contribution in [2.75, 3.05) is 31.4 Å². The summed E-state index contributed by atoms with van der Waals surface area (Å²) in [6.45, 7) is 2.56. The summed E-state index contributed by atoms with van der Waals surface area (Å²) < 4.78 is 42.5. The van der Waals surface area contributed by atoms with Crippen molar-refractivity contribution in [2.45, 2.75) is 31.8 Å². The monoisotopic (exact) mass is 499 g/mol. The lowest BCUT2D eigenvalue weighted by Crippen LogP contribution is -2.33. The maximum atomic E-state index is 15.0. The molecule has 2 aromatic rings. The zero-order chi connectivity index (χ0) is 25.4. The summed E-state index contributed by atoms with van der Waals surface area (Å²) in [7, 11) is -2.23. The van der Waals surface area contributed by atoms with Gasteiger partial charge in [-0.2, -0.15) is 8.42 Å². The fraction of sp³-hybridized carbons (Fsp3) is 0.500. The molecule has 2 aliphatic rings. The summed E-state index contributed by atoms with van der Waals surface area (Å²) in [6, 6.07) is 0.931. The van der Waals surface area contributed by atoms with Gasteiger partial charge in [0.1, 0.15) is 18.3 Å². The predicted molar refractivity (Wildman–Crippen MR) is 122 cm³/mol. The summed E-state index contributed by atoms with van der Waals surface area (Å²) in [4.78, 5) is 35.1. The van der Waals surface area contributed by atoms with Crippen molar-refractivity contribution in [2.24, 2.45) is 16.8 Å². The largest absolute Gasteiger partial charge is 0.477 e. The number of halogens is 1. The number of anilines is 1. The molecule has 1 saturated carbocycles. The fourth-order valence-corrected chi connectivity index (χ4v) is 3.81. The zero-order valence-corrected chi connectivity index (χ0v) is 19.6. The number of hydrogen-bond donors (Lipinski definition) is 3. The van der Waals surface area contributed by atoms with Crippen LogP contribution in [0.1, 0.15) is 36.2 Å². The number of rotatable bonds is 5. The number of carboxylic acid groups (broad SMARTS) is 1. The number of fused-ring (bicyclic) bond motifs is 1. The topological polar surface area (TPSA) is 177 Å². The molecule has 2 aromatic heterocycles. The second-order valence-electron chi connectivity index (χ2n) is 8.32. The van der Waals surface area contributed by atoms with Crippen molar-refractivity contribution in [3.05, 3.63) is 33.9 Å². The molecule has 0 bridgehead atoms. The lowest BCUT2D eigenvalue weighted by Gasteiger charge is -2.20. The molecular formula is C20H26FN5O7S. The molecule has 2 fully saturated rings. The molecule has 1 saturated heterocycles. The van der Waals surface area contributed by atoms with Crippen molar-refractivity contribution in [1.29, 1.82) is 0 Å². The van der Waals surface area contributed by atoms with E-state index < -0.39 is 27.3 Å².